The van der Waals surface area contributed by atoms with E-state index >= 15 is 0 Å². The van der Waals surface area contributed by atoms with Crippen molar-refractivity contribution in [2.24, 2.45) is 0 Å². The van der Waals surface area contributed by atoms with E-state index in [1.807, 2.05) is 6.07 Å². The van der Waals surface area contributed by atoms with E-state index in [0.717, 1.165) is 16.9 Å². The summed E-state index contributed by atoms with van der Waals surface area (Å²) in [5, 5.41) is 12.5. The molecule has 0 unspecified atom stereocenters. The van der Waals surface area contributed by atoms with Crippen LogP contribution in [0.4, 0.5) is 21.7 Å². The number of hydrogen-bond donors (Lipinski definition) is 1. The normalized spacial score (nSPS) is 12.6. The van der Waals surface area contributed by atoms with Crippen molar-refractivity contribution in [1.82, 2.24) is 15.0 Å². The van der Waals surface area contributed by atoms with E-state index in [0.29, 0.717) is 35.9 Å². The van der Waals surface area contributed by atoms with E-state index < -0.39 is 11.9 Å². The van der Waals surface area contributed by atoms with Crippen molar-refractivity contribution in [2.75, 3.05) is 23.4 Å². The summed E-state index contributed by atoms with van der Waals surface area (Å²) in [5.41, 5.74) is 2.82. The molecule has 4 rings (SSSR count). The molecule has 0 saturated carbocycles. The van der Waals surface area contributed by atoms with Crippen molar-refractivity contribution in [3.8, 4) is 6.07 Å². The van der Waals surface area contributed by atoms with Gasteiger partial charge >= 0.3 is 5.97 Å². The molecule has 1 aliphatic heterocycles. The van der Waals surface area contributed by atoms with Gasteiger partial charge in [-0.15, -0.1) is 0 Å². The first-order valence-corrected chi connectivity index (χ1v) is 10.3. The highest BCUT2D eigenvalue weighted by molar-refractivity contribution is 6.32. The Bertz CT molecular complexity index is 1230. The molecular formula is C22H18ClFN6O2. The van der Waals surface area contributed by atoms with Crippen molar-refractivity contribution in [3.05, 3.63) is 70.0 Å². The van der Waals surface area contributed by atoms with Crippen molar-refractivity contribution < 1.29 is 13.9 Å². The molecule has 0 fully saturated rings. The van der Waals surface area contributed by atoms with Gasteiger partial charge in [-0.25, -0.2) is 19.7 Å². The van der Waals surface area contributed by atoms with Gasteiger partial charge in [0.05, 0.1) is 29.4 Å². The Morgan fingerprint density at radius 2 is 2.19 bits per heavy atom. The molecule has 0 atom stereocenters. The summed E-state index contributed by atoms with van der Waals surface area (Å²) in [6, 6.07) is 10.2. The number of hydrogen-bond acceptors (Lipinski definition) is 8. The SMILES string of the molecule is CCOC(=O)c1ccc(Nc2ncnc3c2CCN(c2ccc(C#N)c(Cl)c2)C3)nc1F. The Hall–Kier alpha value is -3.77. The lowest BCUT2D eigenvalue weighted by molar-refractivity contribution is 0.0520. The number of carbonyl (C=O) groups is 1. The zero-order valence-corrected chi connectivity index (χ0v) is 17.9. The van der Waals surface area contributed by atoms with Gasteiger partial charge in [0.15, 0.2) is 0 Å². The van der Waals surface area contributed by atoms with Gasteiger partial charge < -0.3 is 15.0 Å². The largest absolute Gasteiger partial charge is 0.462 e. The van der Waals surface area contributed by atoms with Crippen LogP contribution in [-0.4, -0.2) is 34.1 Å². The van der Waals surface area contributed by atoms with Crippen molar-refractivity contribution in [2.45, 2.75) is 19.9 Å². The summed E-state index contributed by atoms with van der Waals surface area (Å²) >= 11 is 6.17. The third kappa shape index (κ3) is 4.31. The van der Waals surface area contributed by atoms with E-state index in [2.05, 4.69) is 31.2 Å². The van der Waals surface area contributed by atoms with Crippen LogP contribution in [0.15, 0.2) is 36.7 Å². The molecule has 3 heterocycles. The highest BCUT2D eigenvalue weighted by Crippen LogP contribution is 2.30. The van der Waals surface area contributed by atoms with Crippen LogP contribution in [0, 0.1) is 17.3 Å². The van der Waals surface area contributed by atoms with E-state index in [9.17, 15) is 9.18 Å². The summed E-state index contributed by atoms with van der Waals surface area (Å²) in [4.78, 5) is 26.4. The average Bonchev–Trinajstić information content (AvgIpc) is 2.79. The van der Waals surface area contributed by atoms with E-state index in [4.69, 9.17) is 21.6 Å². The minimum Gasteiger partial charge on any atom is -0.462 e. The predicted molar refractivity (Wildman–Crippen MR) is 116 cm³/mol. The maximum atomic E-state index is 14.3. The third-order valence-electron chi connectivity index (χ3n) is 5.04. The average molecular weight is 453 g/mol. The molecule has 1 N–H and O–H groups in total. The molecule has 32 heavy (non-hydrogen) atoms. The number of nitrogens with zero attached hydrogens (tertiary/aromatic N) is 5. The second-order valence-corrected chi connectivity index (χ2v) is 7.38. The molecule has 0 bridgehead atoms. The monoisotopic (exact) mass is 452 g/mol. The molecule has 10 heteroatoms. The first-order valence-electron chi connectivity index (χ1n) is 9.88. The Labute approximate surface area is 188 Å². The lowest BCUT2D eigenvalue weighted by atomic mass is 10.0. The number of carbonyl (C=O) groups excluding carboxylic acids is 1. The molecule has 0 radical (unpaired) electrons. The third-order valence-corrected chi connectivity index (χ3v) is 5.35. The summed E-state index contributed by atoms with van der Waals surface area (Å²) in [7, 11) is 0. The maximum Gasteiger partial charge on any atom is 0.342 e. The van der Waals surface area contributed by atoms with Gasteiger partial charge in [0.2, 0.25) is 5.95 Å². The molecular weight excluding hydrogens is 435 g/mol. The van der Waals surface area contributed by atoms with Crippen LogP contribution >= 0.6 is 11.6 Å². The van der Waals surface area contributed by atoms with Gasteiger partial charge in [0.1, 0.15) is 29.6 Å². The Kier molecular flexibility index (Phi) is 6.14. The molecule has 8 nitrogen and oxygen atoms in total. The number of nitriles is 1. The first kappa shape index (κ1) is 21.5. The molecule has 0 spiro atoms. The van der Waals surface area contributed by atoms with Gasteiger partial charge in [-0.1, -0.05) is 11.6 Å². The quantitative estimate of drug-likeness (QED) is 0.457. The Balaban J connectivity index is 1.54. The van der Waals surface area contributed by atoms with E-state index in [1.54, 1.807) is 19.1 Å². The zero-order valence-electron chi connectivity index (χ0n) is 17.1. The van der Waals surface area contributed by atoms with Crippen molar-refractivity contribution in [3.63, 3.8) is 0 Å². The molecule has 0 amide bonds. The van der Waals surface area contributed by atoms with Crippen LogP contribution < -0.4 is 10.2 Å². The number of benzene rings is 1. The fourth-order valence-corrected chi connectivity index (χ4v) is 3.68. The number of pyridine rings is 1. The predicted octanol–water partition coefficient (Wildman–Crippen LogP) is 4.02. The Morgan fingerprint density at radius 1 is 1.34 bits per heavy atom. The lowest BCUT2D eigenvalue weighted by Crippen LogP contribution is -2.31. The second-order valence-electron chi connectivity index (χ2n) is 6.98. The van der Waals surface area contributed by atoms with Crippen LogP contribution in [0.1, 0.15) is 34.1 Å². The topological polar surface area (TPSA) is 104 Å². The van der Waals surface area contributed by atoms with Crippen molar-refractivity contribution >= 4 is 34.9 Å². The van der Waals surface area contributed by atoms with Crippen LogP contribution in [0.25, 0.3) is 0 Å². The van der Waals surface area contributed by atoms with Crippen molar-refractivity contribution in [1.29, 1.82) is 5.26 Å². The maximum absolute atomic E-state index is 14.3. The number of esters is 1. The highest BCUT2D eigenvalue weighted by atomic mass is 35.5. The summed E-state index contributed by atoms with van der Waals surface area (Å²) in [5.74, 6) is -0.923. The number of nitrogens with one attached hydrogen (secondary N) is 1. The molecule has 0 saturated heterocycles. The van der Waals surface area contributed by atoms with Gasteiger partial charge in [0.25, 0.3) is 0 Å². The van der Waals surface area contributed by atoms with Gasteiger partial charge in [-0.3, -0.25) is 0 Å². The van der Waals surface area contributed by atoms with Crippen LogP contribution in [0.3, 0.4) is 0 Å². The first-order chi connectivity index (χ1) is 15.5. The number of ether oxygens (including phenoxy) is 1. The van der Waals surface area contributed by atoms with E-state index in [1.165, 1.54) is 18.5 Å². The summed E-state index contributed by atoms with van der Waals surface area (Å²) < 4.78 is 19.1. The lowest BCUT2D eigenvalue weighted by Gasteiger charge is -2.30. The number of fused-ring (bicyclic) bond motifs is 1. The second kappa shape index (κ2) is 9.16. The zero-order chi connectivity index (χ0) is 22.7. The van der Waals surface area contributed by atoms with Crippen LogP contribution in [-0.2, 0) is 17.7 Å². The number of rotatable bonds is 5. The number of halogens is 2. The van der Waals surface area contributed by atoms with Gasteiger partial charge in [-0.2, -0.15) is 9.65 Å². The molecule has 1 aliphatic rings. The molecule has 0 aliphatic carbocycles. The van der Waals surface area contributed by atoms with E-state index in [-0.39, 0.29) is 18.0 Å². The fraction of sp³-hybridized carbons (Fsp3) is 0.227. The number of aromatic nitrogens is 3. The smallest absolute Gasteiger partial charge is 0.342 e. The van der Waals surface area contributed by atoms with Crippen LogP contribution in [0.5, 0.6) is 0 Å². The van der Waals surface area contributed by atoms with Crippen LogP contribution in [0.2, 0.25) is 5.02 Å². The minimum atomic E-state index is -0.916. The molecule has 2 aromatic heterocycles. The van der Waals surface area contributed by atoms with Gasteiger partial charge in [0, 0.05) is 17.8 Å². The highest BCUT2D eigenvalue weighted by Gasteiger charge is 2.22. The summed E-state index contributed by atoms with van der Waals surface area (Å²) in [6.07, 6.45) is 2.07. The number of anilines is 3. The summed E-state index contributed by atoms with van der Waals surface area (Å²) in [6.45, 7) is 3.00. The standard InChI is InChI=1S/C22H18ClFN6O2/c1-2-32-22(31)16-5-6-19(28-20(16)24)29-21-15-7-8-30(11-18(15)26-12-27-21)14-4-3-13(10-25)17(23)9-14/h3-6,9,12H,2,7-8,11H2,1H3,(H,26,27,28,29). The fourth-order valence-electron chi connectivity index (χ4n) is 3.46. The molecule has 3 aromatic rings. The molecule has 162 valence electrons. The van der Waals surface area contributed by atoms with Gasteiger partial charge in [-0.05, 0) is 43.7 Å². The molecule has 1 aromatic carbocycles. The Morgan fingerprint density at radius 3 is 2.91 bits per heavy atom. The minimum absolute atomic E-state index is 0.150.